The van der Waals surface area contributed by atoms with Crippen LogP contribution in [0.1, 0.15) is 23.3 Å². The maximum absolute atomic E-state index is 11.3. The first-order chi connectivity index (χ1) is 7.70. The van der Waals surface area contributed by atoms with E-state index in [0.717, 1.165) is 4.47 Å². The van der Waals surface area contributed by atoms with Crippen LogP contribution >= 0.6 is 15.9 Å². The lowest BCUT2D eigenvalue weighted by Crippen LogP contribution is -2.07. The van der Waals surface area contributed by atoms with Crippen molar-refractivity contribution in [2.45, 2.75) is 12.8 Å². The molecule has 4 nitrogen and oxygen atoms in total. The van der Waals surface area contributed by atoms with Crippen molar-refractivity contribution in [2.24, 2.45) is 5.92 Å². The zero-order valence-corrected chi connectivity index (χ0v) is 10.5. The minimum absolute atomic E-state index is 0.261. The fourth-order valence-electron chi connectivity index (χ4n) is 1.22. The predicted molar refractivity (Wildman–Crippen MR) is 61.5 cm³/mol. The first-order valence-electron chi connectivity index (χ1n) is 5.08. The van der Waals surface area contributed by atoms with Crippen molar-refractivity contribution in [3.8, 4) is 5.88 Å². The molecule has 1 aromatic heterocycles. The van der Waals surface area contributed by atoms with Gasteiger partial charge in [-0.2, -0.15) is 0 Å². The van der Waals surface area contributed by atoms with Gasteiger partial charge in [-0.15, -0.1) is 0 Å². The van der Waals surface area contributed by atoms with E-state index in [1.54, 1.807) is 12.1 Å². The number of hydrogen-bond acceptors (Lipinski definition) is 4. The van der Waals surface area contributed by atoms with Gasteiger partial charge in [0, 0.05) is 0 Å². The van der Waals surface area contributed by atoms with E-state index in [9.17, 15) is 4.79 Å². The first kappa shape index (κ1) is 11.4. The van der Waals surface area contributed by atoms with Crippen molar-refractivity contribution >= 4 is 21.9 Å². The van der Waals surface area contributed by atoms with Crippen molar-refractivity contribution < 1.29 is 14.3 Å². The summed E-state index contributed by atoms with van der Waals surface area (Å²) in [7, 11) is 1.33. The van der Waals surface area contributed by atoms with Crippen LogP contribution in [0.4, 0.5) is 0 Å². The molecule has 0 N–H and O–H groups in total. The molecule has 0 unspecified atom stereocenters. The molecule has 1 aliphatic carbocycles. The van der Waals surface area contributed by atoms with E-state index >= 15 is 0 Å². The van der Waals surface area contributed by atoms with Gasteiger partial charge in [-0.1, -0.05) is 0 Å². The molecule has 1 fully saturated rings. The molecular formula is C11H12BrNO3. The van der Waals surface area contributed by atoms with Crippen molar-refractivity contribution in [2.75, 3.05) is 13.7 Å². The Kier molecular flexibility index (Phi) is 3.43. The van der Waals surface area contributed by atoms with Crippen molar-refractivity contribution in [3.63, 3.8) is 0 Å². The van der Waals surface area contributed by atoms with Crippen LogP contribution in [0.15, 0.2) is 16.6 Å². The van der Waals surface area contributed by atoms with Crippen LogP contribution in [-0.2, 0) is 4.74 Å². The lowest BCUT2D eigenvalue weighted by atomic mass is 10.3. The minimum Gasteiger partial charge on any atom is -0.477 e. The van der Waals surface area contributed by atoms with Gasteiger partial charge in [0.1, 0.15) is 0 Å². The number of nitrogens with zero attached hydrogens (tertiary/aromatic N) is 1. The Balaban J connectivity index is 2.11. The van der Waals surface area contributed by atoms with Crippen molar-refractivity contribution in [1.82, 2.24) is 4.98 Å². The number of ether oxygens (including phenoxy) is 2. The van der Waals surface area contributed by atoms with E-state index in [4.69, 9.17) is 4.74 Å². The molecule has 16 heavy (non-hydrogen) atoms. The molecule has 1 saturated carbocycles. The number of esters is 1. The van der Waals surface area contributed by atoms with Crippen LogP contribution in [0, 0.1) is 5.92 Å². The molecule has 0 atom stereocenters. The van der Waals surface area contributed by atoms with E-state index in [0.29, 0.717) is 18.4 Å². The van der Waals surface area contributed by atoms with Gasteiger partial charge < -0.3 is 9.47 Å². The summed E-state index contributed by atoms with van der Waals surface area (Å²) in [6.45, 7) is 0.663. The average molecular weight is 286 g/mol. The number of pyridine rings is 1. The summed E-state index contributed by atoms with van der Waals surface area (Å²) in [5.41, 5.74) is 0.261. The second kappa shape index (κ2) is 4.82. The van der Waals surface area contributed by atoms with Gasteiger partial charge in [0.15, 0.2) is 5.69 Å². The summed E-state index contributed by atoms with van der Waals surface area (Å²) >= 11 is 3.33. The van der Waals surface area contributed by atoms with Crippen molar-refractivity contribution in [3.05, 3.63) is 22.3 Å². The Morgan fingerprint density at radius 1 is 1.56 bits per heavy atom. The number of carbonyl (C=O) groups excluding carboxylic acids is 1. The highest BCUT2D eigenvalue weighted by molar-refractivity contribution is 9.10. The molecule has 1 aliphatic rings. The number of hydrogen-bond donors (Lipinski definition) is 0. The molecule has 0 aliphatic heterocycles. The third-order valence-electron chi connectivity index (χ3n) is 2.36. The zero-order valence-electron chi connectivity index (χ0n) is 8.90. The molecule has 5 heteroatoms. The Hall–Kier alpha value is -1.10. The van der Waals surface area contributed by atoms with Gasteiger partial charge in [0.05, 0.1) is 18.2 Å². The largest absolute Gasteiger partial charge is 0.477 e. The zero-order chi connectivity index (χ0) is 11.5. The van der Waals surface area contributed by atoms with Crippen molar-refractivity contribution in [1.29, 1.82) is 0 Å². The van der Waals surface area contributed by atoms with E-state index < -0.39 is 5.97 Å². The molecule has 0 amide bonds. The standard InChI is InChI=1S/C11H12BrNO3/c1-15-11(14)9-5-4-8(12)10(13-9)16-6-7-2-3-7/h4-5,7H,2-3,6H2,1H3. The molecule has 0 bridgehead atoms. The third-order valence-corrected chi connectivity index (χ3v) is 2.96. The second-order valence-electron chi connectivity index (χ2n) is 3.73. The number of halogens is 1. The fraction of sp³-hybridized carbons (Fsp3) is 0.455. The Morgan fingerprint density at radius 2 is 2.31 bits per heavy atom. The molecule has 86 valence electrons. The van der Waals surface area contributed by atoms with Crippen LogP contribution < -0.4 is 4.74 Å². The Bertz CT molecular complexity index is 404. The summed E-state index contributed by atoms with van der Waals surface area (Å²) in [6.07, 6.45) is 2.43. The maximum Gasteiger partial charge on any atom is 0.356 e. The normalized spacial score (nSPS) is 14.6. The monoisotopic (exact) mass is 285 g/mol. The number of carbonyl (C=O) groups is 1. The summed E-state index contributed by atoms with van der Waals surface area (Å²) < 4.78 is 10.9. The van der Waals surface area contributed by atoms with Crippen LogP contribution in [0.2, 0.25) is 0 Å². The number of rotatable bonds is 4. The van der Waals surface area contributed by atoms with E-state index in [1.807, 2.05) is 0 Å². The highest BCUT2D eigenvalue weighted by Gasteiger charge is 2.23. The van der Waals surface area contributed by atoms with Crippen LogP contribution in [0.3, 0.4) is 0 Å². The summed E-state index contributed by atoms with van der Waals surface area (Å²) in [6, 6.07) is 3.33. The fourth-order valence-corrected chi connectivity index (χ4v) is 1.56. The smallest absolute Gasteiger partial charge is 0.356 e. The van der Waals surface area contributed by atoms with Crippen LogP contribution in [0.25, 0.3) is 0 Å². The molecule has 2 rings (SSSR count). The summed E-state index contributed by atoms with van der Waals surface area (Å²) in [5, 5.41) is 0. The molecule has 0 spiro atoms. The molecule has 0 saturated heterocycles. The molecule has 1 aromatic rings. The Morgan fingerprint density at radius 3 is 2.94 bits per heavy atom. The molecule has 1 heterocycles. The molecule has 0 radical (unpaired) electrons. The number of aromatic nitrogens is 1. The van der Waals surface area contributed by atoms with Crippen LogP contribution in [0.5, 0.6) is 5.88 Å². The van der Waals surface area contributed by atoms with Gasteiger partial charge in [0.2, 0.25) is 5.88 Å². The van der Waals surface area contributed by atoms with Crippen LogP contribution in [-0.4, -0.2) is 24.7 Å². The van der Waals surface area contributed by atoms with Gasteiger partial charge in [-0.3, -0.25) is 0 Å². The maximum atomic E-state index is 11.3. The highest BCUT2D eigenvalue weighted by atomic mass is 79.9. The van der Waals surface area contributed by atoms with Gasteiger partial charge in [-0.25, -0.2) is 9.78 Å². The first-order valence-corrected chi connectivity index (χ1v) is 5.87. The predicted octanol–water partition coefficient (Wildman–Crippen LogP) is 2.42. The topological polar surface area (TPSA) is 48.4 Å². The number of methoxy groups -OCH3 is 1. The van der Waals surface area contributed by atoms with E-state index in [-0.39, 0.29) is 5.69 Å². The third kappa shape index (κ3) is 2.72. The van der Waals surface area contributed by atoms with Gasteiger partial charge in [-0.05, 0) is 46.8 Å². The summed E-state index contributed by atoms with van der Waals surface area (Å²) in [4.78, 5) is 15.4. The van der Waals surface area contributed by atoms with E-state index in [2.05, 4.69) is 25.7 Å². The second-order valence-corrected chi connectivity index (χ2v) is 4.58. The summed E-state index contributed by atoms with van der Waals surface area (Å²) in [5.74, 6) is 0.647. The SMILES string of the molecule is COC(=O)c1ccc(Br)c(OCC2CC2)n1. The highest BCUT2D eigenvalue weighted by Crippen LogP contribution is 2.31. The lowest BCUT2D eigenvalue weighted by molar-refractivity contribution is 0.0592. The van der Waals surface area contributed by atoms with Gasteiger partial charge in [0.25, 0.3) is 0 Å². The Labute approximate surface area is 102 Å². The molecule has 0 aromatic carbocycles. The minimum atomic E-state index is -0.455. The molecular weight excluding hydrogens is 274 g/mol. The van der Waals surface area contributed by atoms with E-state index in [1.165, 1.54) is 20.0 Å². The van der Waals surface area contributed by atoms with Gasteiger partial charge >= 0.3 is 5.97 Å². The quantitative estimate of drug-likeness (QED) is 0.797. The lowest BCUT2D eigenvalue weighted by Gasteiger charge is -2.07. The average Bonchev–Trinajstić information content (AvgIpc) is 3.11.